The van der Waals surface area contributed by atoms with Gasteiger partial charge in [0, 0.05) is 17.3 Å². The second kappa shape index (κ2) is 5.57. The normalized spacial score (nSPS) is 17.4. The van der Waals surface area contributed by atoms with E-state index < -0.39 is 0 Å². The fraction of sp³-hybridized carbons (Fsp3) is 0.111. The van der Waals surface area contributed by atoms with E-state index in [2.05, 4.69) is 78.2 Å². The number of para-hydroxylation sites is 1. The van der Waals surface area contributed by atoms with Gasteiger partial charge >= 0.3 is 0 Å². The minimum atomic E-state index is 0.384. The molecule has 0 aliphatic heterocycles. The molecular weight excluding hydrogens is 230 g/mol. The van der Waals surface area contributed by atoms with Crippen molar-refractivity contribution in [3.63, 3.8) is 0 Å². The molecule has 0 spiro atoms. The summed E-state index contributed by atoms with van der Waals surface area (Å²) in [5.74, 6) is 0. The zero-order chi connectivity index (χ0) is 12.9. The fourth-order valence-electron chi connectivity index (χ4n) is 2.37. The fourth-order valence-corrected chi connectivity index (χ4v) is 2.37. The Morgan fingerprint density at radius 1 is 0.842 bits per heavy atom. The molecule has 3 rings (SSSR count). The smallest absolute Gasteiger partial charge is 0.0482 e. The third-order valence-corrected chi connectivity index (χ3v) is 3.33. The van der Waals surface area contributed by atoms with Crippen LogP contribution in [0.5, 0.6) is 0 Å². The van der Waals surface area contributed by atoms with Crippen molar-refractivity contribution in [2.24, 2.45) is 0 Å². The van der Waals surface area contributed by atoms with Crippen LogP contribution in [-0.4, -0.2) is 6.04 Å². The van der Waals surface area contributed by atoms with E-state index in [0.717, 1.165) is 6.42 Å². The molecule has 0 aromatic heterocycles. The number of benzene rings is 2. The van der Waals surface area contributed by atoms with Crippen LogP contribution in [0, 0.1) is 0 Å². The average Bonchev–Trinajstić information content (AvgIpc) is 2.50. The number of allylic oxidation sites excluding steroid dienone is 2. The average molecular weight is 247 g/mol. The van der Waals surface area contributed by atoms with Crippen LogP contribution in [0.1, 0.15) is 6.42 Å². The van der Waals surface area contributed by atoms with Gasteiger partial charge in [-0.05, 0) is 18.1 Å². The van der Waals surface area contributed by atoms with Crippen molar-refractivity contribution in [1.29, 1.82) is 0 Å². The van der Waals surface area contributed by atoms with Crippen molar-refractivity contribution in [2.75, 3.05) is 5.32 Å². The molecule has 2 aromatic carbocycles. The highest BCUT2D eigenvalue weighted by atomic mass is 14.9. The maximum Gasteiger partial charge on any atom is 0.0482 e. The molecule has 94 valence electrons. The molecule has 0 amide bonds. The third-order valence-electron chi connectivity index (χ3n) is 3.33. The SMILES string of the molecule is C1=CCC(Nc2ccccc2-c2ccccc2)C=C1. The lowest BCUT2D eigenvalue weighted by molar-refractivity contribution is 0.884. The van der Waals surface area contributed by atoms with Crippen molar-refractivity contribution in [1.82, 2.24) is 0 Å². The van der Waals surface area contributed by atoms with Crippen molar-refractivity contribution < 1.29 is 0 Å². The zero-order valence-electron chi connectivity index (χ0n) is 10.8. The first-order valence-corrected chi connectivity index (χ1v) is 6.68. The first kappa shape index (κ1) is 11.8. The van der Waals surface area contributed by atoms with Gasteiger partial charge < -0.3 is 5.32 Å². The summed E-state index contributed by atoms with van der Waals surface area (Å²) in [4.78, 5) is 0. The first-order chi connectivity index (χ1) is 9.43. The number of hydrogen-bond acceptors (Lipinski definition) is 1. The standard InChI is InChI=1S/C18H17N/c1-3-9-15(10-4-1)17-13-7-8-14-18(17)19-16-11-5-2-6-12-16/h1-11,13-14,16,19H,12H2. The molecule has 0 heterocycles. The number of nitrogens with one attached hydrogen (secondary N) is 1. The van der Waals surface area contributed by atoms with Crippen LogP contribution in [0.4, 0.5) is 5.69 Å². The summed E-state index contributed by atoms with van der Waals surface area (Å²) in [5.41, 5.74) is 3.70. The van der Waals surface area contributed by atoms with E-state index in [-0.39, 0.29) is 0 Å². The Morgan fingerprint density at radius 2 is 1.63 bits per heavy atom. The van der Waals surface area contributed by atoms with E-state index in [1.54, 1.807) is 0 Å². The van der Waals surface area contributed by atoms with Crippen molar-refractivity contribution in [2.45, 2.75) is 12.5 Å². The van der Waals surface area contributed by atoms with Crippen LogP contribution in [0.3, 0.4) is 0 Å². The molecule has 0 saturated heterocycles. The summed E-state index contributed by atoms with van der Waals surface area (Å²) in [6.07, 6.45) is 9.65. The Bertz CT molecular complexity index is 596. The van der Waals surface area contributed by atoms with Gasteiger partial charge in [0.1, 0.15) is 0 Å². The van der Waals surface area contributed by atoms with Gasteiger partial charge in [-0.1, -0.05) is 72.8 Å². The monoisotopic (exact) mass is 247 g/mol. The quantitative estimate of drug-likeness (QED) is 0.832. The van der Waals surface area contributed by atoms with Crippen molar-refractivity contribution in [3.8, 4) is 11.1 Å². The van der Waals surface area contributed by atoms with Crippen LogP contribution >= 0.6 is 0 Å². The predicted molar refractivity (Wildman–Crippen MR) is 82.2 cm³/mol. The lowest BCUT2D eigenvalue weighted by Gasteiger charge is -2.19. The summed E-state index contributed by atoms with van der Waals surface area (Å²) < 4.78 is 0. The molecule has 1 unspecified atom stereocenters. The van der Waals surface area contributed by atoms with Gasteiger partial charge in [0.15, 0.2) is 0 Å². The van der Waals surface area contributed by atoms with Gasteiger partial charge in [0.2, 0.25) is 0 Å². The summed E-state index contributed by atoms with van der Waals surface area (Å²) in [7, 11) is 0. The number of hydrogen-bond donors (Lipinski definition) is 1. The first-order valence-electron chi connectivity index (χ1n) is 6.68. The molecule has 0 radical (unpaired) electrons. The van der Waals surface area contributed by atoms with Crippen LogP contribution in [0.2, 0.25) is 0 Å². The Morgan fingerprint density at radius 3 is 2.42 bits per heavy atom. The van der Waals surface area contributed by atoms with E-state index in [4.69, 9.17) is 0 Å². The summed E-state index contributed by atoms with van der Waals surface area (Å²) in [6.45, 7) is 0. The Kier molecular flexibility index (Phi) is 3.46. The number of rotatable bonds is 3. The highest BCUT2D eigenvalue weighted by Gasteiger charge is 2.08. The maximum atomic E-state index is 3.61. The van der Waals surface area contributed by atoms with Crippen molar-refractivity contribution in [3.05, 3.63) is 78.9 Å². The van der Waals surface area contributed by atoms with E-state index >= 15 is 0 Å². The predicted octanol–water partition coefficient (Wildman–Crippen LogP) is 4.65. The molecule has 1 nitrogen and oxygen atoms in total. The maximum absolute atomic E-state index is 3.61. The van der Waals surface area contributed by atoms with Gasteiger partial charge in [0.05, 0.1) is 0 Å². The van der Waals surface area contributed by atoms with Gasteiger partial charge in [-0.3, -0.25) is 0 Å². The minimum Gasteiger partial charge on any atom is -0.378 e. The molecule has 1 heteroatoms. The summed E-state index contributed by atoms with van der Waals surface area (Å²) >= 11 is 0. The Hall–Kier alpha value is -2.28. The highest BCUT2D eigenvalue weighted by Crippen LogP contribution is 2.28. The highest BCUT2D eigenvalue weighted by molar-refractivity contribution is 5.78. The van der Waals surface area contributed by atoms with Gasteiger partial charge in [-0.2, -0.15) is 0 Å². The molecular formula is C18H17N. The summed E-state index contributed by atoms with van der Waals surface area (Å²) in [5, 5.41) is 3.61. The minimum absolute atomic E-state index is 0.384. The van der Waals surface area contributed by atoms with E-state index in [0.29, 0.717) is 6.04 Å². The second-order valence-corrected chi connectivity index (χ2v) is 4.71. The van der Waals surface area contributed by atoms with Crippen LogP contribution in [0.15, 0.2) is 78.9 Å². The third kappa shape index (κ3) is 2.76. The lowest BCUT2D eigenvalue weighted by atomic mass is 10.0. The molecule has 1 N–H and O–H groups in total. The van der Waals surface area contributed by atoms with Crippen LogP contribution < -0.4 is 5.32 Å². The molecule has 0 bridgehead atoms. The topological polar surface area (TPSA) is 12.0 Å². The van der Waals surface area contributed by atoms with Gasteiger partial charge in [0.25, 0.3) is 0 Å². The molecule has 0 fully saturated rings. The van der Waals surface area contributed by atoms with E-state index in [1.807, 2.05) is 6.07 Å². The van der Waals surface area contributed by atoms with Crippen molar-refractivity contribution >= 4 is 5.69 Å². The molecule has 1 atom stereocenters. The van der Waals surface area contributed by atoms with Crippen LogP contribution in [0.25, 0.3) is 11.1 Å². The second-order valence-electron chi connectivity index (χ2n) is 4.71. The number of anilines is 1. The zero-order valence-corrected chi connectivity index (χ0v) is 10.8. The Balaban J connectivity index is 1.89. The molecule has 2 aromatic rings. The largest absolute Gasteiger partial charge is 0.378 e. The van der Waals surface area contributed by atoms with Gasteiger partial charge in [-0.15, -0.1) is 0 Å². The molecule has 19 heavy (non-hydrogen) atoms. The summed E-state index contributed by atoms with van der Waals surface area (Å²) in [6, 6.07) is 19.4. The van der Waals surface area contributed by atoms with E-state index in [1.165, 1.54) is 16.8 Å². The molecule has 1 aliphatic carbocycles. The van der Waals surface area contributed by atoms with Crippen LogP contribution in [-0.2, 0) is 0 Å². The van der Waals surface area contributed by atoms with E-state index in [9.17, 15) is 0 Å². The lowest BCUT2D eigenvalue weighted by Crippen LogP contribution is -2.17. The molecule has 1 aliphatic rings. The molecule has 0 saturated carbocycles. The Labute approximate surface area is 114 Å². The van der Waals surface area contributed by atoms with Gasteiger partial charge in [-0.25, -0.2) is 0 Å².